The fourth-order valence-corrected chi connectivity index (χ4v) is 3.30. The average molecular weight is 410 g/mol. The van der Waals surface area contributed by atoms with Crippen molar-refractivity contribution in [1.82, 2.24) is 14.9 Å². The van der Waals surface area contributed by atoms with E-state index in [9.17, 15) is 4.79 Å². The molecule has 150 valence electrons. The van der Waals surface area contributed by atoms with Crippen molar-refractivity contribution < 1.29 is 4.79 Å². The maximum Gasteiger partial charge on any atom is 0.271 e. The molecule has 1 aromatic carbocycles. The largest absolute Gasteiger partial charge is 0.321 e. The molecule has 2 atom stereocenters. The Morgan fingerprint density at radius 1 is 1.38 bits per heavy atom. The quantitative estimate of drug-likeness (QED) is 0.571. The zero-order chi connectivity index (χ0) is 21.0. The van der Waals surface area contributed by atoms with Gasteiger partial charge in [-0.15, -0.1) is 11.6 Å². The van der Waals surface area contributed by atoms with Crippen LogP contribution in [0.25, 0.3) is 17.5 Å². The van der Waals surface area contributed by atoms with Crippen molar-refractivity contribution in [1.29, 1.82) is 5.41 Å². The molecular weight excluding hydrogens is 386 g/mol. The van der Waals surface area contributed by atoms with Gasteiger partial charge in [0.05, 0.1) is 5.69 Å². The zero-order valence-corrected chi connectivity index (χ0v) is 17.4. The van der Waals surface area contributed by atoms with Crippen LogP contribution in [0.15, 0.2) is 59.4 Å². The van der Waals surface area contributed by atoms with Crippen molar-refractivity contribution in [2.24, 2.45) is 4.99 Å². The maximum absolute atomic E-state index is 12.6. The Morgan fingerprint density at radius 2 is 2.10 bits per heavy atom. The number of nitrogens with zero attached hydrogens (tertiary/aromatic N) is 3. The number of alkyl halides is 1. The molecule has 0 saturated heterocycles. The molecule has 2 N–H and O–H groups in total. The monoisotopic (exact) mass is 409 g/mol. The molecule has 3 rings (SSSR count). The summed E-state index contributed by atoms with van der Waals surface area (Å²) in [4.78, 5) is 21.4. The summed E-state index contributed by atoms with van der Waals surface area (Å²) in [5, 5.41) is 9.67. The topological polar surface area (TPSA) is 83.1 Å². The van der Waals surface area contributed by atoms with Gasteiger partial charge in [-0.25, -0.2) is 4.98 Å². The number of carbonyl (C=O) groups excluding carboxylic acids is 1. The Kier molecular flexibility index (Phi) is 6.44. The molecule has 1 aliphatic rings. The van der Waals surface area contributed by atoms with E-state index >= 15 is 0 Å². The number of carbonyl (C=O) groups is 1. The minimum absolute atomic E-state index is 0.123. The number of hydrogen-bond donors (Lipinski definition) is 2. The predicted octanol–water partition coefficient (Wildman–Crippen LogP) is 4.25. The third-order valence-electron chi connectivity index (χ3n) is 4.73. The number of halogens is 1. The third kappa shape index (κ3) is 4.71. The molecule has 0 spiro atoms. The van der Waals surface area contributed by atoms with Gasteiger partial charge in [-0.1, -0.05) is 43.3 Å². The number of imidazole rings is 1. The summed E-state index contributed by atoms with van der Waals surface area (Å²) in [5.41, 5.74) is 2.94. The van der Waals surface area contributed by atoms with E-state index in [2.05, 4.69) is 17.2 Å². The third-order valence-corrected chi connectivity index (χ3v) is 5.26. The van der Waals surface area contributed by atoms with Gasteiger partial charge in [0, 0.05) is 42.3 Å². The van der Waals surface area contributed by atoms with Gasteiger partial charge in [-0.2, -0.15) is 0 Å². The van der Waals surface area contributed by atoms with Gasteiger partial charge in [-0.3, -0.25) is 9.79 Å². The molecule has 0 saturated carbocycles. The Hall–Kier alpha value is -2.99. The first-order valence-electron chi connectivity index (χ1n) is 9.40. The summed E-state index contributed by atoms with van der Waals surface area (Å²) in [5.74, 6) is 0.741. The van der Waals surface area contributed by atoms with Crippen LogP contribution in [0.5, 0.6) is 0 Å². The average Bonchev–Trinajstić information content (AvgIpc) is 3.13. The highest BCUT2D eigenvalue weighted by atomic mass is 35.5. The number of rotatable bonds is 5. The normalized spacial score (nSPS) is 17.6. The molecule has 0 fully saturated rings. The molecule has 0 aliphatic carbocycles. The van der Waals surface area contributed by atoms with Gasteiger partial charge in [0.15, 0.2) is 0 Å². The molecule has 0 bridgehead atoms. The van der Waals surface area contributed by atoms with Crippen LogP contribution in [0.3, 0.4) is 0 Å². The molecule has 29 heavy (non-hydrogen) atoms. The Bertz CT molecular complexity index is 1000. The zero-order valence-electron chi connectivity index (χ0n) is 16.7. The minimum atomic E-state index is -0.842. The lowest BCUT2D eigenvalue weighted by molar-refractivity contribution is -0.114. The van der Waals surface area contributed by atoms with E-state index in [0.29, 0.717) is 5.70 Å². The summed E-state index contributed by atoms with van der Waals surface area (Å²) < 4.78 is 1.99. The number of nitrogens with one attached hydrogen (secondary N) is 2. The molecule has 6 nitrogen and oxygen atoms in total. The molecule has 1 aromatic heterocycles. The Morgan fingerprint density at radius 3 is 2.76 bits per heavy atom. The lowest BCUT2D eigenvalue weighted by Gasteiger charge is -2.16. The highest BCUT2D eigenvalue weighted by Crippen LogP contribution is 2.26. The van der Waals surface area contributed by atoms with Crippen LogP contribution >= 0.6 is 11.6 Å². The van der Waals surface area contributed by atoms with Crippen molar-refractivity contribution in [3.63, 3.8) is 0 Å². The standard InChI is InChI=1S/C22H24ClN5O/c1-14-9-10-17(26-22(29)20(25-3)19(23)15(2)24)11-12-28-13-18(27-21(14)28)16-7-5-4-6-8-16/h4-8,10-14,19,24H,9H2,1-3H3,(H,26,29). The summed E-state index contributed by atoms with van der Waals surface area (Å²) >= 11 is 6.14. The van der Waals surface area contributed by atoms with Crippen LogP contribution in [-0.4, -0.2) is 39.3 Å². The fourth-order valence-electron chi connectivity index (χ4n) is 3.10. The predicted molar refractivity (Wildman–Crippen MR) is 119 cm³/mol. The van der Waals surface area contributed by atoms with Gasteiger partial charge in [0.1, 0.15) is 16.9 Å². The first kappa shape index (κ1) is 20.7. The molecule has 2 heterocycles. The van der Waals surface area contributed by atoms with Gasteiger partial charge in [0.25, 0.3) is 5.91 Å². The van der Waals surface area contributed by atoms with Gasteiger partial charge < -0.3 is 15.3 Å². The minimum Gasteiger partial charge on any atom is -0.321 e. The van der Waals surface area contributed by atoms with Crippen molar-refractivity contribution in [3.8, 4) is 11.3 Å². The number of hydrogen-bond acceptors (Lipinski definition) is 4. The van der Waals surface area contributed by atoms with E-state index in [1.807, 2.05) is 59.4 Å². The van der Waals surface area contributed by atoms with E-state index in [1.54, 1.807) is 6.92 Å². The second-order valence-electron chi connectivity index (χ2n) is 6.98. The highest BCUT2D eigenvalue weighted by Gasteiger charge is 2.23. The van der Waals surface area contributed by atoms with E-state index < -0.39 is 11.3 Å². The van der Waals surface area contributed by atoms with E-state index in [4.69, 9.17) is 22.0 Å². The highest BCUT2D eigenvalue weighted by molar-refractivity contribution is 6.57. The molecule has 1 amide bonds. The van der Waals surface area contributed by atoms with Crippen LogP contribution in [0, 0.1) is 5.41 Å². The van der Waals surface area contributed by atoms with Crippen molar-refractivity contribution in [2.45, 2.75) is 31.6 Å². The van der Waals surface area contributed by atoms with Crippen LogP contribution in [-0.2, 0) is 4.79 Å². The smallest absolute Gasteiger partial charge is 0.271 e. The van der Waals surface area contributed by atoms with Crippen molar-refractivity contribution in [3.05, 3.63) is 60.2 Å². The summed E-state index contributed by atoms with van der Waals surface area (Å²) in [6.07, 6.45) is 8.40. The van der Waals surface area contributed by atoms with Crippen molar-refractivity contribution in [2.75, 3.05) is 7.05 Å². The van der Waals surface area contributed by atoms with Crippen LogP contribution in [0.1, 0.15) is 32.0 Å². The first-order valence-corrected chi connectivity index (χ1v) is 9.84. The number of benzene rings is 1. The maximum atomic E-state index is 12.6. The number of allylic oxidation sites excluding steroid dienone is 2. The van der Waals surface area contributed by atoms with E-state index in [1.165, 1.54) is 7.05 Å². The van der Waals surface area contributed by atoms with Gasteiger partial charge in [-0.05, 0) is 19.4 Å². The molecule has 1 aliphatic heterocycles. The summed E-state index contributed by atoms with van der Waals surface area (Å²) in [6.45, 7) is 3.66. The van der Waals surface area contributed by atoms with Gasteiger partial charge >= 0.3 is 0 Å². The fraction of sp³-hybridized carbons (Fsp3) is 0.273. The van der Waals surface area contributed by atoms with Crippen LogP contribution in [0.4, 0.5) is 0 Å². The van der Waals surface area contributed by atoms with Gasteiger partial charge in [0.2, 0.25) is 0 Å². The first-order chi connectivity index (χ1) is 13.9. The Labute approximate surface area is 175 Å². The SMILES string of the molecule is CN=C(C(=O)NC1=CCC(C)c2nc(-c3ccccc3)cn2C=C1)C(Cl)C(C)=N. The number of amides is 1. The van der Waals surface area contributed by atoms with E-state index in [-0.39, 0.29) is 17.3 Å². The van der Waals surface area contributed by atoms with Crippen LogP contribution < -0.4 is 5.32 Å². The summed E-state index contributed by atoms with van der Waals surface area (Å²) in [7, 11) is 1.50. The van der Waals surface area contributed by atoms with E-state index in [0.717, 1.165) is 23.5 Å². The molecule has 0 radical (unpaired) electrons. The number of fused-ring (bicyclic) bond motifs is 1. The number of aromatic nitrogens is 2. The van der Waals surface area contributed by atoms with Crippen LogP contribution in [0.2, 0.25) is 0 Å². The van der Waals surface area contributed by atoms with Crippen molar-refractivity contribution >= 4 is 35.1 Å². The molecule has 2 aromatic rings. The number of aliphatic imine (C=N–C) groups is 1. The lowest BCUT2D eigenvalue weighted by atomic mass is 10.1. The molecule has 2 unspecified atom stereocenters. The summed E-state index contributed by atoms with van der Waals surface area (Å²) in [6, 6.07) is 10.0. The molecular formula is C22H24ClN5O. The lowest BCUT2D eigenvalue weighted by Crippen LogP contribution is -2.38. The Balaban J connectivity index is 1.83. The second-order valence-corrected chi connectivity index (χ2v) is 7.41. The second kappa shape index (κ2) is 9.01. The molecule has 7 heteroatoms.